The second kappa shape index (κ2) is 4.85. The van der Waals surface area contributed by atoms with Gasteiger partial charge in [0.25, 0.3) is 0 Å². The van der Waals surface area contributed by atoms with E-state index in [-0.39, 0.29) is 0 Å². The van der Waals surface area contributed by atoms with Crippen LogP contribution in [0.25, 0.3) is 0 Å². The second-order valence-electron chi connectivity index (χ2n) is 1.20. The van der Waals surface area contributed by atoms with Gasteiger partial charge in [-0.3, -0.25) is 0 Å². The first-order valence-corrected chi connectivity index (χ1v) is 4.17. The molecule has 0 fully saturated rings. The molecule has 0 aliphatic carbocycles. The predicted molar refractivity (Wildman–Crippen MR) is 41.3 cm³/mol. The van der Waals surface area contributed by atoms with Crippen molar-refractivity contribution in [2.75, 3.05) is 5.33 Å². The quantitative estimate of drug-likeness (QED) is 0.503. The van der Waals surface area contributed by atoms with E-state index in [1.54, 1.807) is 0 Å². The van der Waals surface area contributed by atoms with Crippen LogP contribution in [0.1, 0.15) is 6.92 Å². The molecular weight excluding hydrogens is 220 g/mol. The molecule has 0 nitrogen and oxygen atoms in total. The Kier molecular flexibility index (Phi) is 5.33. The van der Waals surface area contributed by atoms with E-state index in [0.29, 0.717) is 4.83 Å². The average molecular weight is 228 g/mol. The molecule has 0 saturated carbocycles. The minimum atomic E-state index is 0.498. The molecule has 1 atom stereocenters. The molecule has 42 valence electrons. The van der Waals surface area contributed by atoms with Crippen LogP contribution in [0.4, 0.5) is 0 Å². The topological polar surface area (TPSA) is 0 Å². The summed E-state index contributed by atoms with van der Waals surface area (Å²) in [7, 11) is 0. The van der Waals surface area contributed by atoms with Gasteiger partial charge in [-0.2, -0.15) is 0 Å². The van der Waals surface area contributed by atoms with Crippen molar-refractivity contribution < 1.29 is 0 Å². The summed E-state index contributed by atoms with van der Waals surface area (Å²) in [5, 5.41) is 0.983. The molecule has 0 heterocycles. The highest BCUT2D eigenvalue weighted by molar-refractivity contribution is 9.12. The van der Waals surface area contributed by atoms with Crippen LogP contribution in [0.15, 0.2) is 12.2 Å². The van der Waals surface area contributed by atoms with E-state index in [0.717, 1.165) is 5.33 Å². The van der Waals surface area contributed by atoms with E-state index < -0.39 is 0 Å². The molecule has 0 aromatic carbocycles. The molecule has 0 saturated heterocycles. The Morgan fingerprint density at radius 2 is 2.29 bits per heavy atom. The molecule has 0 N–H and O–H groups in total. The van der Waals surface area contributed by atoms with Gasteiger partial charge in [0.15, 0.2) is 0 Å². The van der Waals surface area contributed by atoms with Crippen molar-refractivity contribution in [1.29, 1.82) is 0 Å². The number of alkyl halides is 2. The Hall–Kier alpha value is 0.700. The molecule has 2 heteroatoms. The zero-order chi connectivity index (χ0) is 5.70. The Labute approximate surface area is 61.2 Å². The lowest BCUT2D eigenvalue weighted by molar-refractivity contribution is 1.30. The fourth-order valence-electron chi connectivity index (χ4n) is 0.260. The van der Waals surface area contributed by atoms with Gasteiger partial charge < -0.3 is 0 Å². The summed E-state index contributed by atoms with van der Waals surface area (Å²) in [4.78, 5) is 0.498. The highest BCUT2D eigenvalue weighted by Gasteiger charge is 1.90. The minimum absolute atomic E-state index is 0.498. The van der Waals surface area contributed by atoms with E-state index in [9.17, 15) is 0 Å². The zero-order valence-corrected chi connectivity index (χ0v) is 7.37. The molecule has 0 aromatic heterocycles. The molecule has 0 aromatic rings. The van der Waals surface area contributed by atoms with Crippen LogP contribution in [0.3, 0.4) is 0 Å². The van der Waals surface area contributed by atoms with Gasteiger partial charge in [0.05, 0.1) is 0 Å². The molecular formula is C5H8Br2. The SMILES string of the molecule is CC=CC(Br)CBr. The van der Waals surface area contributed by atoms with E-state index in [1.807, 2.05) is 13.0 Å². The van der Waals surface area contributed by atoms with Gasteiger partial charge in [-0.15, -0.1) is 0 Å². The lowest BCUT2D eigenvalue weighted by atomic mass is 10.4. The van der Waals surface area contributed by atoms with Gasteiger partial charge >= 0.3 is 0 Å². The number of rotatable bonds is 2. The van der Waals surface area contributed by atoms with E-state index in [1.165, 1.54) is 0 Å². The number of halogens is 2. The zero-order valence-electron chi connectivity index (χ0n) is 4.20. The second-order valence-corrected chi connectivity index (χ2v) is 3.02. The molecule has 0 radical (unpaired) electrons. The first-order chi connectivity index (χ1) is 3.31. The smallest absolute Gasteiger partial charge is 0.0422 e. The average Bonchev–Trinajstić information content (AvgIpc) is 1.68. The maximum absolute atomic E-state index is 3.40. The Balaban J connectivity index is 3.16. The van der Waals surface area contributed by atoms with Gasteiger partial charge in [0.2, 0.25) is 0 Å². The van der Waals surface area contributed by atoms with Crippen LogP contribution in [0.5, 0.6) is 0 Å². The van der Waals surface area contributed by atoms with Crippen LogP contribution in [0, 0.1) is 0 Å². The van der Waals surface area contributed by atoms with Crippen molar-refractivity contribution in [3.63, 3.8) is 0 Å². The first-order valence-electron chi connectivity index (χ1n) is 2.14. The highest BCUT2D eigenvalue weighted by Crippen LogP contribution is 2.03. The Morgan fingerprint density at radius 3 is 2.43 bits per heavy atom. The lowest BCUT2D eigenvalue weighted by Crippen LogP contribution is -1.90. The monoisotopic (exact) mass is 226 g/mol. The maximum Gasteiger partial charge on any atom is 0.0422 e. The Bertz CT molecular complexity index is 59.1. The van der Waals surface area contributed by atoms with Crippen LogP contribution in [0.2, 0.25) is 0 Å². The number of hydrogen-bond donors (Lipinski definition) is 0. The van der Waals surface area contributed by atoms with Crippen molar-refractivity contribution in [2.45, 2.75) is 11.8 Å². The lowest BCUT2D eigenvalue weighted by Gasteiger charge is -1.91. The molecule has 0 aliphatic heterocycles. The summed E-state index contributed by atoms with van der Waals surface area (Å²) >= 11 is 6.72. The number of hydrogen-bond acceptors (Lipinski definition) is 0. The summed E-state index contributed by atoms with van der Waals surface area (Å²) in [6.45, 7) is 2.01. The summed E-state index contributed by atoms with van der Waals surface area (Å²) < 4.78 is 0. The maximum atomic E-state index is 3.40. The van der Waals surface area contributed by atoms with Crippen LogP contribution < -0.4 is 0 Å². The molecule has 0 aliphatic rings. The van der Waals surface area contributed by atoms with E-state index in [2.05, 4.69) is 37.9 Å². The number of allylic oxidation sites excluding steroid dienone is 2. The van der Waals surface area contributed by atoms with E-state index >= 15 is 0 Å². The summed E-state index contributed by atoms with van der Waals surface area (Å²) in [6, 6.07) is 0. The fraction of sp³-hybridized carbons (Fsp3) is 0.600. The molecule has 0 bridgehead atoms. The fourth-order valence-corrected chi connectivity index (χ4v) is 0.781. The van der Waals surface area contributed by atoms with Gasteiger partial charge in [-0.25, -0.2) is 0 Å². The predicted octanol–water partition coefficient (Wildman–Crippen LogP) is 2.72. The van der Waals surface area contributed by atoms with Crippen LogP contribution in [-0.2, 0) is 0 Å². The van der Waals surface area contributed by atoms with Gasteiger partial charge in [0.1, 0.15) is 0 Å². The van der Waals surface area contributed by atoms with Crippen molar-refractivity contribution in [1.82, 2.24) is 0 Å². The van der Waals surface area contributed by atoms with Crippen molar-refractivity contribution in [3.05, 3.63) is 12.2 Å². The van der Waals surface area contributed by atoms with Gasteiger partial charge in [-0.1, -0.05) is 44.0 Å². The first kappa shape index (κ1) is 7.70. The van der Waals surface area contributed by atoms with Gasteiger partial charge in [0, 0.05) is 10.2 Å². The molecule has 1 unspecified atom stereocenters. The minimum Gasteiger partial charge on any atom is -0.0913 e. The molecule has 0 amide bonds. The largest absolute Gasteiger partial charge is 0.0913 e. The summed E-state index contributed by atoms with van der Waals surface area (Å²) in [6.07, 6.45) is 4.12. The third-order valence-electron chi connectivity index (χ3n) is 0.549. The molecule has 7 heavy (non-hydrogen) atoms. The standard InChI is InChI=1S/C5H8Br2/c1-2-3-5(7)4-6/h2-3,5H,4H2,1H3. The van der Waals surface area contributed by atoms with Crippen molar-refractivity contribution in [2.24, 2.45) is 0 Å². The Morgan fingerprint density at radius 1 is 1.71 bits per heavy atom. The van der Waals surface area contributed by atoms with Crippen LogP contribution >= 0.6 is 31.9 Å². The van der Waals surface area contributed by atoms with E-state index in [4.69, 9.17) is 0 Å². The summed E-state index contributed by atoms with van der Waals surface area (Å²) in [5.74, 6) is 0. The highest BCUT2D eigenvalue weighted by atomic mass is 79.9. The normalized spacial score (nSPS) is 15.3. The molecule has 0 spiro atoms. The van der Waals surface area contributed by atoms with Crippen molar-refractivity contribution >= 4 is 31.9 Å². The van der Waals surface area contributed by atoms with Crippen molar-refractivity contribution in [3.8, 4) is 0 Å². The third kappa shape index (κ3) is 4.56. The van der Waals surface area contributed by atoms with Crippen LogP contribution in [-0.4, -0.2) is 10.2 Å². The third-order valence-corrected chi connectivity index (χ3v) is 2.74. The van der Waals surface area contributed by atoms with Gasteiger partial charge in [-0.05, 0) is 6.92 Å². The molecule has 0 rings (SSSR count). The summed E-state index contributed by atoms with van der Waals surface area (Å²) in [5.41, 5.74) is 0.